The van der Waals surface area contributed by atoms with Crippen molar-refractivity contribution in [3.05, 3.63) is 23.6 Å². The molecule has 0 bridgehead atoms. The number of esters is 1. The molecule has 0 saturated heterocycles. The molecule has 0 aliphatic heterocycles. The molecular formula is C14H20N4O4. The molecule has 0 aliphatic rings. The number of rotatable bonds is 4. The van der Waals surface area contributed by atoms with Gasteiger partial charge in [0.1, 0.15) is 0 Å². The summed E-state index contributed by atoms with van der Waals surface area (Å²) in [6, 6.07) is 0. The second-order valence-corrected chi connectivity index (χ2v) is 6.72. The topological polar surface area (TPSA) is 104 Å². The molecule has 0 saturated carbocycles. The summed E-state index contributed by atoms with van der Waals surface area (Å²) >= 11 is 0. The molecule has 2 aromatic heterocycles. The zero-order valence-corrected chi connectivity index (χ0v) is 13.6. The number of aromatic nitrogens is 4. The van der Waals surface area contributed by atoms with E-state index in [9.17, 15) is 4.79 Å². The lowest BCUT2D eigenvalue weighted by Gasteiger charge is -2.17. The lowest BCUT2D eigenvalue weighted by atomic mass is 9.89. The molecule has 120 valence electrons. The fraction of sp³-hybridized carbons (Fsp3) is 0.643. The number of carbonyl (C=O) groups is 1. The second-order valence-electron chi connectivity index (χ2n) is 6.72. The van der Waals surface area contributed by atoms with E-state index in [1.165, 1.54) is 7.11 Å². The number of nitrogens with zero attached hydrogens (tertiary/aromatic N) is 4. The van der Waals surface area contributed by atoms with Gasteiger partial charge in [0, 0.05) is 11.8 Å². The molecule has 0 aromatic carbocycles. The highest BCUT2D eigenvalue weighted by Crippen LogP contribution is 2.28. The van der Waals surface area contributed by atoms with Crippen LogP contribution in [0.25, 0.3) is 0 Å². The third kappa shape index (κ3) is 3.32. The van der Waals surface area contributed by atoms with Crippen LogP contribution >= 0.6 is 0 Å². The number of ether oxygens (including phenoxy) is 1. The van der Waals surface area contributed by atoms with Crippen LogP contribution in [0.3, 0.4) is 0 Å². The molecule has 2 rings (SSSR count). The monoisotopic (exact) mass is 308 g/mol. The molecule has 2 heterocycles. The highest BCUT2D eigenvalue weighted by atomic mass is 16.5. The van der Waals surface area contributed by atoms with Crippen molar-refractivity contribution in [3.8, 4) is 0 Å². The van der Waals surface area contributed by atoms with E-state index in [1.54, 1.807) is 0 Å². The molecule has 8 nitrogen and oxygen atoms in total. The van der Waals surface area contributed by atoms with Gasteiger partial charge < -0.3 is 13.6 Å². The predicted octanol–water partition coefficient (Wildman–Crippen LogP) is 2.06. The maximum atomic E-state index is 11.4. The van der Waals surface area contributed by atoms with Gasteiger partial charge in [-0.05, 0) is 0 Å². The Morgan fingerprint density at radius 3 is 2.18 bits per heavy atom. The largest absolute Gasteiger partial charge is 0.462 e. The molecule has 0 unspecified atom stereocenters. The Morgan fingerprint density at radius 1 is 1.00 bits per heavy atom. The van der Waals surface area contributed by atoms with E-state index < -0.39 is 11.4 Å². The van der Waals surface area contributed by atoms with E-state index in [0.29, 0.717) is 24.1 Å². The number of methoxy groups -OCH3 is 1. The fourth-order valence-corrected chi connectivity index (χ4v) is 1.75. The van der Waals surface area contributed by atoms with E-state index in [1.807, 2.05) is 34.6 Å². The van der Waals surface area contributed by atoms with E-state index in [-0.39, 0.29) is 11.3 Å². The van der Waals surface area contributed by atoms with Crippen LogP contribution in [0.5, 0.6) is 0 Å². The molecule has 2 aromatic rings. The Kier molecular flexibility index (Phi) is 4.04. The van der Waals surface area contributed by atoms with Gasteiger partial charge in [0.05, 0.1) is 12.5 Å². The minimum Gasteiger partial charge on any atom is -0.462 e. The van der Waals surface area contributed by atoms with Gasteiger partial charge >= 0.3 is 11.9 Å². The quantitative estimate of drug-likeness (QED) is 0.790. The van der Waals surface area contributed by atoms with Crippen molar-refractivity contribution in [1.82, 2.24) is 20.4 Å². The van der Waals surface area contributed by atoms with E-state index >= 15 is 0 Å². The molecule has 0 atom stereocenters. The number of hydrogen-bond donors (Lipinski definition) is 0. The van der Waals surface area contributed by atoms with E-state index in [2.05, 4.69) is 25.1 Å². The summed E-state index contributed by atoms with van der Waals surface area (Å²) in [6.45, 7) is 9.77. The fourth-order valence-electron chi connectivity index (χ4n) is 1.75. The maximum absolute atomic E-state index is 11.4. The SMILES string of the molecule is COC(=O)c1nnc(C(C)(C)Cc2nnc(C(C)(C)C)o2)o1. The first kappa shape index (κ1) is 16.1. The van der Waals surface area contributed by atoms with Crippen molar-refractivity contribution in [1.29, 1.82) is 0 Å². The zero-order chi connectivity index (χ0) is 16.5. The molecule has 0 spiro atoms. The molecule has 0 amide bonds. The summed E-state index contributed by atoms with van der Waals surface area (Å²) in [5, 5.41) is 15.7. The summed E-state index contributed by atoms with van der Waals surface area (Å²) in [6.07, 6.45) is 0.416. The molecule has 8 heteroatoms. The minimum absolute atomic E-state index is 0.175. The van der Waals surface area contributed by atoms with Crippen LogP contribution in [0.4, 0.5) is 0 Å². The Bertz CT molecular complexity index is 666. The first-order chi connectivity index (χ1) is 10.1. The summed E-state index contributed by atoms with van der Waals surface area (Å²) < 4.78 is 15.6. The summed E-state index contributed by atoms with van der Waals surface area (Å²) in [7, 11) is 1.25. The summed E-state index contributed by atoms with van der Waals surface area (Å²) in [5.74, 6) is 0.518. The summed E-state index contributed by atoms with van der Waals surface area (Å²) in [5.41, 5.74) is -0.765. The highest BCUT2D eigenvalue weighted by molar-refractivity contribution is 5.83. The van der Waals surface area contributed by atoms with Crippen molar-refractivity contribution in [2.24, 2.45) is 0 Å². The average Bonchev–Trinajstić information content (AvgIpc) is 3.05. The van der Waals surface area contributed by atoms with E-state index in [4.69, 9.17) is 8.83 Å². The molecule has 0 fully saturated rings. The zero-order valence-electron chi connectivity index (χ0n) is 13.6. The van der Waals surface area contributed by atoms with Gasteiger partial charge in [-0.15, -0.1) is 20.4 Å². The van der Waals surface area contributed by atoms with Crippen molar-refractivity contribution in [2.45, 2.75) is 51.9 Å². The van der Waals surface area contributed by atoms with Crippen molar-refractivity contribution >= 4 is 5.97 Å². The molecule has 0 aliphatic carbocycles. The minimum atomic E-state index is -0.664. The van der Waals surface area contributed by atoms with Crippen LogP contribution < -0.4 is 0 Å². The van der Waals surface area contributed by atoms with Crippen molar-refractivity contribution in [2.75, 3.05) is 7.11 Å². The van der Waals surface area contributed by atoms with Crippen LogP contribution in [-0.4, -0.2) is 33.5 Å². The standard InChI is InChI=1S/C14H20N4O4/c1-13(2,3)11-17-15-8(21-11)7-14(4,5)12-18-16-9(22-12)10(19)20-6/h7H2,1-6H3. The van der Waals surface area contributed by atoms with Gasteiger partial charge in [0.25, 0.3) is 0 Å². The van der Waals surface area contributed by atoms with Crippen molar-refractivity contribution < 1.29 is 18.4 Å². The third-order valence-electron chi connectivity index (χ3n) is 3.07. The van der Waals surface area contributed by atoms with Gasteiger partial charge in [-0.2, -0.15) is 0 Å². The van der Waals surface area contributed by atoms with Gasteiger partial charge in [-0.1, -0.05) is 34.6 Å². The van der Waals surface area contributed by atoms with E-state index in [0.717, 1.165) is 0 Å². The Hall–Kier alpha value is -2.25. The van der Waals surface area contributed by atoms with Gasteiger partial charge in [0.2, 0.25) is 17.7 Å². The Balaban J connectivity index is 2.18. The third-order valence-corrected chi connectivity index (χ3v) is 3.07. The number of hydrogen-bond acceptors (Lipinski definition) is 8. The molecule has 0 N–H and O–H groups in total. The average molecular weight is 308 g/mol. The maximum Gasteiger partial charge on any atom is 0.396 e. The highest BCUT2D eigenvalue weighted by Gasteiger charge is 2.32. The van der Waals surface area contributed by atoms with Crippen LogP contribution in [0.2, 0.25) is 0 Å². The molecular weight excluding hydrogens is 288 g/mol. The van der Waals surface area contributed by atoms with Crippen LogP contribution in [0.15, 0.2) is 8.83 Å². The van der Waals surface area contributed by atoms with Crippen LogP contribution in [0, 0.1) is 0 Å². The van der Waals surface area contributed by atoms with Crippen LogP contribution in [-0.2, 0) is 22.0 Å². The smallest absolute Gasteiger partial charge is 0.396 e. The van der Waals surface area contributed by atoms with Crippen molar-refractivity contribution in [3.63, 3.8) is 0 Å². The lowest BCUT2D eigenvalue weighted by Crippen LogP contribution is -2.21. The lowest BCUT2D eigenvalue weighted by molar-refractivity contribution is 0.0552. The Labute approximate surface area is 128 Å². The first-order valence-corrected chi connectivity index (χ1v) is 6.88. The molecule has 0 radical (unpaired) electrons. The van der Waals surface area contributed by atoms with Gasteiger partial charge in [-0.3, -0.25) is 0 Å². The van der Waals surface area contributed by atoms with Crippen LogP contribution in [0.1, 0.15) is 63.0 Å². The summed E-state index contributed by atoms with van der Waals surface area (Å²) in [4.78, 5) is 11.4. The normalized spacial score (nSPS) is 12.5. The first-order valence-electron chi connectivity index (χ1n) is 6.88. The van der Waals surface area contributed by atoms with Gasteiger partial charge in [0.15, 0.2) is 0 Å². The Morgan fingerprint density at radius 2 is 1.64 bits per heavy atom. The van der Waals surface area contributed by atoms with Gasteiger partial charge in [-0.25, -0.2) is 4.79 Å². The predicted molar refractivity (Wildman–Crippen MR) is 75.4 cm³/mol. The number of carbonyl (C=O) groups excluding carboxylic acids is 1. The second kappa shape index (κ2) is 5.51. The molecule has 22 heavy (non-hydrogen) atoms.